The minimum atomic E-state index is 0.403. The largest absolute Gasteiger partial charge is 0.468 e. The van der Waals surface area contributed by atoms with Gasteiger partial charge in [0.1, 0.15) is 0 Å². The van der Waals surface area contributed by atoms with Crippen molar-refractivity contribution in [2.45, 2.75) is 19.9 Å². The lowest BCUT2D eigenvalue weighted by molar-refractivity contribution is -0.128. The van der Waals surface area contributed by atoms with Crippen molar-refractivity contribution in [3.63, 3.8) is 0 Å². The second-order valence-electron chi connectivity index (χ2n) is 2.85. The predicted octanol–water partition coefficient (Wildman–Crippen LogP) is -0.268. The third kappa shape index (κ3) is 5.09. The zero-order valence-electron chi connectivity index (χ0n) is 7.75. The zero-order valence-corrected chi connectivity index (χ0v) is 7.75. The Bertz CT molecular complexity index is 112. The van der Waals surface area contributed by atoms with Crippen LogP contribution in [0, 0.1) is 5.92 Å². The van der Waals surface area contributed by atoms with Gasteiger partial charge in [0, 0.05) is 12.6 Å². The van der Waals surface area contributed by atoms with E-state index in [0.29, 0.717) is 25.0 Å². The van der Waals surface area contributed by atoms with Crippen LogP contribution < -0.4 is 11.1 Å². The molecule has 4 nitrogen and oxygen atoms in total. The van der Waals surface area contributed by atoms with E-state index in [1.807, 2.05) is 0 Å². The summed E-state index contributed by atoms with van der Waals surface area (Å²) in [5.41, 5.74) is 5.62. The number of nitrogens with two attached hydrogens (primary N) is 1. The lowest BCUT2D eigenvalue weighted by atomic mass is 10.1. The molecule has 2 atom stereocenters. The zero-order chi connectivity index (χ0) is 9.40. The van der Waals surface area contributed by atoms with Gasteiger partial charge in [0.25, 0.3) is 6.47 Å². The van der Waals surface area contributed by atoms with Crippen molar-refractivity contribution in [2.75, 3.05) is 19.7 Å². The average molecular weight is 174 g/mol. The van der Waals surface area contributed by atoms with E-state index in [1.54, 1.807) is 6.92 Å². The Labute approximate surface area is 73.5 Å². The summed E-state index contributed by atoms with van der Waals surface area (Å²) in [7, 11) is 0. The van der Waals surface area contributed by atoms with Crippen LogP contribution in [0.25, 0.3) is 0 Å². The third-order valence-corrected chi connectivity index (χ3v) is 1.81. The summed E-state index contributed by atoms with van der Waals surface area (Å²) >= 11 is 0. The van der Waals surface area contributed by atoms with Gasteiger partial charge in [0.15, 0.2) is 0 Å². The maximum absolute atomic E-state index is 9.18. The van der Waals surface area contributed by atoms with Gasteiger partial charge in [-0.3, -0.25) is 4.79 Å². The Morgan fingerprint density at radius 2 is 2.33 bits per heavy atom. The van der Waals surface area contributed by atoms with Crippen LogP contribution in [0.3, 0.4) is 0 Å². The van der Waals surface area contributed by atoms with E-state index < -0.39 is 0 Å². The highest BCUT2D eigenvalue weighted by Gasteiger charge is 2.17. The standard InChI is InChI=1S/C5H12N2.C3H6O2/c1-4-2-7-3-5(4)6;1-2-5-3-4/h4-5,7H,2-3,6H2,1H3;3H,2H2,1H3. The Morgan fingerprint density at radius 1 is 1.67 bits per heavy atom. The molecule has 1 aliphatic heterocycles. The van der Waals surface area contributed by atoms with E-state index in [9.17, 15) is 4.79 Å². The normalized spacial score (nSPS) is 27.2. The second-order valence-corrected chi connectivity index (χ2v) is 2.85. The van der Waals surface area contributed by atoms with Crippen LogP contribution in [0.5, 0.6) is 0 Å². The second kappa shape index (κ2) is 7.06. The molecule has 0 spiro atoms. The van der Waals surface area contributed by atoms with Gasteiger partial charge in [-0.05, 0) is 19.4 Å². The molecule has 1 saturated heterocycles. The minimum absolute atomic E-state index is 0.403. The fourth-order valence-corrected chi connectivity index (χ4v) is 0.898. The molecule has 1 aliphatic rings. The molecular weight excluding hydrogens is 156 g/mol. The Hall–Kier alpha value is -0.610. The number of carbonyl (C=O) groups excluding carboxylic acids is 1. The van der Waals surface area contributed by atoms with Crippen molar-refractivity contribution < 1.29 is 9.53 Å². The fraction of sp³-hybridized carbons (Fsp3) is 0.875. The molecule has 0 aromatic heterocycles. The maximum atomic E-state index is 9.18. The van der Waals surface area contributed by atoms with Crippen LogP contribution in [0.4, 0.5) is 0 Å². The molecule has 1 rings (SSSR count). The molecule has 1 heterocycles. The number of hydrogen-bond donors (Lipinski definition) is 2. The fourth-order valence-electron chi connectivity index (χ4n) is 0.898. The van der Waals surface area contributed by atoms with Gasteiger partial charge in [-0.25, -0.2) is 0 Å². The first-order valence-corrected chi connectivity index (χ1v) is 4.23. The molecule has 2 unspecified atom stereocenters. The third-order valence-electron chi connectivity index (χ3n) is 1.81. The number of nitrogens with one attached hydrogen (secondary N) is 1. The topological polar surface area (TPSA) is 64.3 Å². The van der Waals surface area contributed by atoms with Crippen LogP contribution >= 0.6 is 0 Å². The van der Waals surface area contributed by atoms with Crippen molar-refractivity contribution in [1.29, 1.82) is 0 Å². The molecule has 0 radical (unpaired) electrons. The summed E-state index contributed by atoms with van der Waals surface area (Å²) in [6, 6.07) is 0.403. The van der Waals surface area contributed by atoms with E-state index in [-0.39, 0.29) is 0 Å². The van der Waals surface area contributed by atoms with Gasteiger partial charge in [0.05, 0.1) is 6.61 Å². The molecule has 0 bridgehead atoms. The first kappa shape index (κ1) is 11.4. The van der Waals surface area contributed by atoms with Gasteiger partial charge in [-0.2, -0.15) is 0 Å². The SMILES string of the molecule is CC1CNCC1N.CCOC=O. The highest BCUT2D eigenvalue weighted by Crippen LogP contribution is 2.02. The highest BCUT2D eigenvalue weighted by atomic mass is 16.5. The number of hydrogen-bond acceptors (Lipinski definition) is 4. The quantitative estimate of drug-likeness (QED) is 0.566. The van der Waals surface area contributed by atoms with Crippen LogP contribution in [-0.2, 0) is 9.53 Å². The number of ether oxygens (including phenoxy) is 1. The molecule has 0 aromatic carbocycles. The van der Waals surface area contributed by atoms with Crippen molar-refractivity contribution in [3.05, 3.63) is 0 Å². The van der Waals surface area contributed by atoms with Gasteiger partial charge >= 0.3 is 0 Å². The lowest BCUT2D eigenvalue weighted by Crippen LogP contribution is -2.26. The Morgan fingerprint density at radius 3 is 2.42 bits per heavy atom. The number of carbonyl (C=O) groups is 1. The summed E-state index contributed by atoms with van der Waals surface area (Å²) in [6.45, 7) is 6.94. The highest BCUT2D eigenvalue weighted by molar-refractivity contribution is 5.36. The monoisotopic (exact) mass is 174 g/mol. The van der Waals surface area contributed by atoms with Gasteiger partial charge in [0.2, 0.25) is 0 Å². The van der Waals surface area contributed by atoms with E-state index in [1.165, 1.54) is 0 Å². The maximum Gasteiger partial charge on any atom is 0.293 e. The molecule has 0 amide bonds. The Kier molecular flexibility index (Phi) is 6.70. The van der Waals surface area contributed by atoms with Crippen molar-refractivity contribution >= 4 is 6.47 Å². The summed E-state index contributed by atoms with van der Waals surface area (Å²) in [5, 5.41) is 3.20. The Balaban J connectivity index is 0.000000217. The molecule has 0 aromatic rings. The summed E-state index contributed by atoms with van der Waals surface area (Å²) in [4.78, 5) is 9.18. The van der Waals surface area contributed by atoms with Crippen molar-refractivity contribution in [1.82, 2.24) is 5.32 Å². The smallest absolute Gasteiger partial charge is 0.293 e. The van der Waals surface area contributed by atoms with Crippen LogP contribution in [0.2, 0.25) is 0 Å². The summed E-state index contributed by atoms with van der Waals surface area (Å²) in [5.74, 6) is 0.681. The average Bonchev–Trinajstić information content (AvgIpc) is 2.39. The minimum Gasteiger partial charge on any atom is -0.468 e. The first-order chi connectivity index (χ1) is 5.72. The molecule has 72 valence electrons. The van der Waals surface area contributed by atoms with E-state index in [0.717, 1.165) is 13.1 Å². The van der Waals surface area contributed by atoms with E-state index in [2.05, 4.69) is 17.0 Å². The van der Waals surface area contributed by atoms with Crippen LogP contribution in [0.1, 0.15) is 13.8 Å². The van der Waals surface area contributed by atoms with E-state index in [4.69, 9.17) is 5.73 Å². The number of rotatable bonds is 2. The van der Waals surface area contributed by atoms with Gasteiger partial charge in [-0.15, -0.1) is 0 Å². The summed E-state index contributed by atoms with van der Waals surface area (Å²) < 4.78 is 4.15. The molecule has 3 N–H and O–H groups in total. The molecule has 1 fully saturated rings. The van der Waals surface area contributed by atoms with Gasteiger partial charge in [-0.1, -0.05) is 6.92 Å². The molecule has 12 heavy (non-hydrogen) atoms. The van der Waals surface area contributed by atoms with Gasteiger partial charge < -0.3 is 15.8 Å². The van der Waals surface area contributed by atoms with Crippen LogP contribution in [0.15, 0.2) is 0 Å². The van der Waals surface area contributed by atoms with Crippen molar-refractivity contribution in [3.8, 4) is 0 Å². The molecule has 4 heteroatoms. The van der Waals surface area contributed by atoms with Crippen molar-refractivity contribution in [2.24, 2.45) is 11.7 Å². The lowest BCUT2D eigenvalue weighted by Gasteiger charge is -2.03. The summed E-state index contributed by atoms with van der Waals surface area (Å²) in [6.07, 6.45) is 0. The molecule has 0 saturated carbocycles. The van der Waals surface area contributed by atoms with Crippen LogP contribution in [-0.4, -0.2) is 32.2 Å². The molecule has 0 aliphatic carbocycles. The first-order valence-electron chi connectivity index (χ1n) is 4.23. The predicted molar refractivity (Wildman–Crippen MR) is 47.7 cm³/mol. The molecular formula is C8H18N2O2. The van der Waals surface area contributed by atoms with E-state index >= 15 is 0 Å².